The van der Waals surface area contributed by atoms with Gasteiger partial charge in [0.2, 0.25) is 0 Å². The number of aromatic nitrogens is 1. The number of likely N-dealkylation sites (tertiary alicyclic amines) is 1. The van der Waals surface area contributed by atoms with Gasteiger partial charge in [0.1, 0.15) is 30.5 Å². The van der Waals surface area contributed by atoms with Gasteiger partial charge in [-0.25, -0.2) is 4.39 Å². The average Bonchev–Trinajstić information content (AvgIpc) is 3.55. The molecule has 3 heterocycles. The Morgan fingerprint density at radius 1 is 1.16 bits per heavy atom. The Bertz CT molecular complexity index is 1340. The van der Waals surface area contributed by atoms with Crippen LogP contribution in [0.2, 0.25) is 0 Å². The zero-order valence-electron chi connectivity index (χ0n) is 20.1. The number of benzene rings is 2. The third kappa shape index (κ3) is 5.97. The molecule has 0 bridgehead atoms. The smallest absolute Gasteiger partial charge is 0.416 e. The number of hydrogen-bond acceptors (Lipinski definition) is 4. The Kier molecular flexibility index (Phi) is 8.03. The first-order valence-electron chi connectivity index (χ1n) is 11.7. The van der Waals surface area contributed by atoms with Crippen LogP contribution in [-0.4, -0.2) is 46.8 Å². The van der Waals surface area contributed by atoms with E-state index in [9.17, 15) is 22.4 Å². The van der Waals surface area contributed by atoms with Gasteiger partial charge < -0.3 is 19.1 Å². The van der Waals surface area contributed by atoms with Crippen molar-refractivity contribution in [3.63, 3.8) is 0 Å². The highest BCUT2D eigenvalue weighted by atomic mass is 35.5. The first-order valence-corrected chi connectivity index (χ1v) is 11.7. The maximum absolute atomic E-state index is 14.9. The fraction of sp³-hybridized carbons (Fsp3) is 0.296. The molecule has 202 valence electrons. The number of ether oxygens (including phenoxy) is 2. The van der Waals surface area contributed by atoms with Gasteiger partial charge in [-0.2, -0.15) is 13.2 Å². The van der Waals surface area contributed by atoms with E-state index in [0.717, 1.165) is 17.7 Å². The molecule has 11 heteroatoms. The summed E-state index contributed by atoms with van der Waals surface area (Å²) < 4.78 is 69.0. The summed E-state index contributed by atoms with van der Waals surface area (Å²) in [7, 11) is 0. The van der Waals surface area contributed by atoms with Crippen molar-refractivity contribution in [1.29, 1.82) is 0 Å². The number of carbonyl (C=O) groups is 1. The highest BCUT2D eigenvalue weighted by molar-refractivity contribution is 5.85. The van der Waals surface area contributed by atoms with Gasteiger partial charge in [0.15, 0.2) is 0 Å². The minimum atomic E-state index is -4.59. The molecule has 38 heavy (non-hydrogen) atoms. The number of halogens is 5. The molecule has 1 N–H and O–H groups in total. The summed E-state index contributed by atoms with van der Waals surface area (Å²) >= 11 is 0. The van der Waals surface area contributed by atoms with E-state index in [1.54, 1.807) is 41.2 Å². The predicted molar refractivity (Wildman–Crippen MR) is 134 cm³/mol. The molecule has 0 radical (unpaired) electrons. The summed E-state index contributed by atoms with van der Waals surface area (Å²) in [4.78, 5) is 13.2. The lowest BCUT2D eigenvalue weighted by molar-refractivity contribution is -0.141. The van der Waals surface area contributed by atoms with Gasteiger partial charge in [-0.15, -0.1) is 12.4 Å². The Morgan fingerprint density at radius 2 is 1.92 bits per heavy atom. The highest BCUT2D eigenvalue weighted by Gasteiger charge is 2.34. The van der Waals surface area contributed by atoms with Crippen molar-refractivity contribution in [3.05, 3.63) is 82.9 Å². The zero-order chi connectivity index (χ0) is 26.2. The molecule has 1 aromatic heterocycles. The minimum Gasteiger partial charge on any atom is -0.489 e. The van der Waals surface area contributed by atoms with Crippen molar-refractivity contribution in [2.45, 2.75) is 19.2 Å². The Morgan fingerprint density at radius 3 is 2.61 bits per heavy atom. The number of alkyl halides is 3. The maximum Gasteiger partial charge on any atom is 0.416 e. The SMILES string of the molecule is Cl.O=C(O)C1CCN(CC2=Cc3c(F)cc(OCc4ccc(-n5cccc5)cc4C(F)(F)F)cc3OC2)C1. The average molecular weight is 553 g/mol. The van der Waals surface area contributed by atoms with Gasteiger partial charge in [0.05, 0.1) is 17.0 Å². The number of carboxylic acid groups (broad SMARTS) is 1. The van der Waals surface area contributed by atoms with Crippen LogP contribution in [0.5, 0.6) is 11.5 Å². The summed E-state index contributed by atoms with van der Waals surface area (Å²) in [5.74, 6) is -1.55. The summed E-state index contributed by atoms with van der Waals surface area (Å²) in [5.41, 5.74) is 0.505. The van der Waals surface area contributed by atoms with Gasteiger partial charge in [-0.05, 0) is 48.9 Å². The second-order valence-corrected chi connectivity index (χ2v) is 9.19. The van der Waals surface area contributed by atoms with Crippen LogP contribution in [-0.2, 0) is 17.6 Å². The van der Waals surface area contributed by atoms with Gasteiger partial charge in [0.25, 0.3) is 0 Å². The van der Waals surface area contributed by atoms with Gasteiger partial charge in [-0.1, -0.05) is 6.07 Å². The van der Waals surface area contributed by atoms with E-state index in [1.165, 1.54) is 12.1 Å². The van der Waals surface area contributed by atoms with Crippen molar-refractivity contribution < 1.29 is 36.9 Å². The molecular formula is C27H25ClF4N2O4. The number of aliphatic carboxylic acids is 1. The Hall–Kier alpha value is -3.50. The number of hydrogen-bond donors (Lipinski definition) is 1. The lowest BCUT2D eigenvalue weighted by Crippen LogP contribution is -2.27. The monoisotopic (exact) mass is 552 g/mol. The van der Waals surface area contributed by atoms with Crippen molar-refractivity contribution in [2.24, 2.45) is 5.92 Å². The van der Waals surface area contributed by atoms with Crippen molar-refractivity contribution in [2.75, 3.05) is 26.2 Å². The van der Waals surface area contributed by atoms with E-state index in [1.807, 2.05) is 4.90 Å². The summed E-state index contributed by atoms with van der Waals surface area (Å²) in [6, 6.07) is 10.00. The van der Waals surface area contributed by atoms with Crippen molar-refractivity contribution in [1.82, 2.24) is 9.47 Å². The van der Waals surface area contributed by atoms with Crippen LogP contribution in [0, 0.1) is 11.7 Å². The molecule has 3 aromatic rings. The lowest BCUT2D eigenvalue weighted by atomic mass is 10.1. The van der Waals surface area contributed by atoms with Crippen LogP contribution < -0.4 is 9.47 Å². The molecule has 1 atom stereocenters. The Balaban J connectivity index is 0.00000336. The van der Waals surface area contributed by atoms with Crippen LogP contribution in [0.1, 0.15) is 23.1 Å². The van der Waals surface area contributed by atoms with E-state index in [2.05, 4.69) is 0 Å². The summed E-state index contributed by atoms with van der Waals surface area (Å²) in [6.45, 7) is 1.34. The summed E-state index contributed by atoms with van der Waals surface area (Å²) in [5, 5.41) is 9.17. The fourth-order valence-electron chi connectivity index (χ4n) is 4.67. The molecule has 1 saturated heterocycles. The van der Waals surface area contributed by atoms with Crippen LogP contribution in [0.4, 0.5) is 17.6 Å². The van der Waals surface area contributed by atoms with E-state index < -0.39 is 36.1 Å². The lowest BCUT2D eigenvalue weighted by Gasteiger charge is -2.23. The summed E-state index contributed by atoms with van der Waals surface area (Å²) in [6.07, 6.45) is 0.958. The van der Waals surface area contributed by atoms with E-state index in [4.69, 9.17) is 14.6 Å². The number of fused-ring (bicyclic) bond motifs is 1. The second-order valence-electron chi connectivity index (χ2n) is 9.19. The van der Waals surface area contributed by atoms with E-state index >= 15 is 0 Å². The third-order valence-corrected chi connectivity index (χ3v) is 6.57. The quantitative estimate of drug-likeness (QED) is 0.374. The predicted octanol–water partition coefficient (Wildman–Crippen LogP) is 5.82. The Labute approximate surface area is 222 Å². The molecule has 2 aliphatic rings. The fourth-order valence-corrected chi connectivity index (χ4v) is 4.67. The first-order chi connectivity index (χ1) is 17.7. The molecule has 6 nitrogen and oxygen atoms in total. The van der Waals surface area contributed by atoms with Crippen LogP contribution in [0.15, 0.2) is 60.4 Å². The number of rotatable bonds is 7. The molecule has 5 rings (SSSR count). The zero-order valence-corrected chi connectivity index (χ0v) is 20.9. The van der Waals surface area contributed by atoms with Crippen molar-refractivity contribution in [3.8, 4) is 17.2 Å². The number of carboxylic acids is 1. The maximum atomic E-state index is 14.9. The molecule has 1 unspecified atom stereocenters. The molecule has 0 amide bonds. The minimum absolute atomic E-state index is 0. The second kappa shape index (κ2) is 11.1. The molecule has 0 saturated carbocycles. The standard InChI is InChI=1S/C27H24F4N2O4.ClH/c28-24-11-21(12-25-22(24)9-17(15-37-25)13-32-8-5-18(14-32)26(34)35)36-16-19-3-4-20(33-6-1-2-7-33)10-23(19)27(29,30)31;/h1-4,6-7,9-12,18H,5,8,13-16H2,(H,34,35);1H. The van der Waals surface area contributed by atoms with Crippen LogP contribution in [0.3, 0.4) is 0 Å². The largest absolute Gasteiger partial charge is 0.489 e. The van der Waals surface area contributed by atoms with Crippen molar-refractivity contribution >= 4 is 24.5 Å². The van der Waals surface area contributed by atoms with Gasteiger partial charge in [0, 0.05) is 48.9 Å². The van der Waals surface area contributed by atoms with E-state index in [-0.39, 0.29) is 41.6 Å². The van der Waals surface area contributed by atoms with E-state index in [0.29, 0.717) is 31.7 Å². The normalized spacial score (nSPS) is 17.3. The molecule has 0 aliphatic carbocycles. The molecular weight excluding hydrogens is 528 g/mol. The number of nitrogens with zero attached hydrogens (tertiary/aromatic N) is 2. The van der Waals surface area contributed by atoms with Crippen LogP contribution >= 0.6 is 12.4 Å². The molecule has 2 aromatic carbocycles. The van der Waals surface area contributed by atoms with Crippen LogP contribution in [0.25, 0.3) is 11.8 Å². The van der Waals surface area contributed by atoms with Gasteiger partial charge >= 0.3 is 12.1 Å². The van der Waals surface area contributed by atoms with Gasteiger partial charge in [-0.3, -0.25) is 9.69 Å². The molecule has 1 fully saturated rings. The third-order valence-electron chi connectivity index (χ3n) is 6.57. The topological polar surface area (TPSA) is 63.9 Å². The molecule has 2 aliphatic heterocycles. The molecule has 0 spiro atoms. The first kappa shape index (κ1) is 27.5. The highest BCUT2D eigenvalue weighted by Crippen LogP contribution is 2.36.